The van der Waals surface area contributed by atoms with Crippen LogP contribution >= 0.6 is 11.8 Å². The summed E-state index contributed by atoms with van der Waals surface area (Å²) >= 11 is 1.47. The molecule has 5 unspecified atom stereocenters. The predicted octanol–water partition coefficient (Wildman–Crippen LogP) is -4.15. The van der Waals surface area contributed by atoms with Crippen LogP contribution in [0.3, 0.4) is 0 Å². The monoisotopic (exact) mass is 451 g/mol. The van der Waals surface area contributed by atoms with E-state index in [1.807, 2.05) is 11.6 Å². The van der Waals surface area contributed by atoms with Crippen LogP contribution in [-0.4, -0.2) is 93.8 Å². The number of carboxylic acid groups (broad SMARTS) is 1. The lowest BCUT2D eigenvalue weighted by Gasteiger charge is -2.24. The van der Waals surface area contributed by atoms with Gasteiger partial charge in [-0.25, -0.2) is 4.79 Å². The summed E-state index contributed by atoms with van der Waals surface area (Å²) in [5.41, 5.74) is 10.7. The van der Waals surface area contributed by atoms with E-state index in [1.165, 1.54) is 11.8 Å². The van der Waals surface area contributed by atoms with E-state index in [4.69, 9.17) is 16.6 Å². The number of hydrogen-bond donors (Lipinski definition) is 8. The fourth-order valence-electron chi connectivity index (χ4n) is 2.17. The second-order valence-electron chi connectivity index (χ2n) is 6.43. The normalized spacial score (nSPS) is 15.8. The molecular formula is C16H29N5O8S. The van der Waals surface area contributed by atoms with Crippen molar-refractivity contribution in [3.05, 3.63) is 0 Å². The highest BCUT2D eigenvalue weighted by Gasteiger charge is 2.32. The first-order chi connectivity index (χ1) is 13.9. The number of amides is 4. The van der Waals surface area contributed by atoms with Crippen LogP contribution in [0.2, 0.25) is 0 Å². The minimum absolute atomic E-state index is 0.329. The number of aliphatic hydroxyl groups excluding tert-OH is 2. The molecule has 10 N–H and O–H groups in total. The van der Waals surface area contributed by atoms with Gasteiger partial charge in [-0.3, -0.25) is 19.2 Å². The van der Waals surface area contributed by atoms with E-state index in [0.717, 1.165) is 6.92 Å². The highest BCUT2D eigenvalue weighted by Crippen LogP contribution is 2.01. The van der Waals surface area contributed by atoms with Gasteiger partial charge < -0.3 is 42.7 Å². The molecule has 0 bridgehead atoms. The van der Waals surface area contributed by atoms with Crippen LogP contribution in [0.1, 0.15) is 19.8 Å². The van der Waals surface area contributed by atoms with E-state index in [2.05, 4.69) is 10.6 Å². The molecule has 172 valence electrons. The van der Waals surface area contributed by atoms with E-state index in [9.17, 15) is 34.2 Å². The van der Waals surface area contributed by atoms with Crippen LogP contribution in [-0.2, 0) is 24.0 Å². The maximum atomic E-state index is 12.4. The van der Waals surface area contributed by atoms with Gasteiger partial charge in [-0.05, 0) is 25.4 Å². The summed E-state index contributed by atoms with van der Waals surface area (Å²) in [6, 6.07) is -5.71. The average Bonchev–Trinajstić information content (AvgIpc) is 2.66. The number of aliphatic hydroxyl groups is 2. The first-order valence-corrected chi connectivity index (χ1v) is 10.3. The Labute approximate surface area is 177 Å². The van der Waals surface area contributed by atoms with Crippen molar-refractivity contribution < 1.29 is 39.3 Å². The molecule has 0 aliphatic heterocycles. The molecule has 30 heavy (non-hydrogen) atoms. The molecule has 0 saturated heterocycles. The van der Waals surface area contributed by atoms with Gasteiger partial charge in [0.05, 0.1) is 25.2 Å². The zero-order valence-electron chi connectivity index (χ0n) is 16.7. The lowest BCUT2D eigenvalue weighted by molar-refractivity contribution is -0.145. The maximum absolute atomic E-state index is 12.4. The van der Waals surface area contributed by atoms with Crippen molar-refractivity contribution in [3.63, 3.8) is 0 Å². The van der Waals surface area contributed by atoms with Crippen LogP contribution in [0.25, 0.3) is 0 Å². The zero-order chi connectivity index (χ0) is 23.4. The van der Waals surface area contributed by atoms with Crippen LogP contribution in [0.4, 0.5) is 0 Å². The molecule has 0 aromatic heterocycles. The number of rotatable bonds is 14. The third-order valence-electron chi connectivity index (χ3n) is 3.87. The summed E-state index contributed by atoms with van der Waals surface area (Å²) in [6.07, 6.45) is -0.00713. The smallest absolute Gasteiger partial charge is 0.328 e. The second kappa shape index (κ2) is 13.7. The lowest BCUT2D eigenvalue weighted by atomic mass is 10.1. The molecule has 14 heteroatoms. The van der Waals surface area contributed by atoms with E-state index in [0.29, 0.717) is 12.2 Å². The molecule has 0 heterocycles. The topological polar surface area (TPSA) is 234 Å². The Morgan fingerprint density at radius 1 is 1.00 bits per heavy atom. The number of nitrogens with one attached hydrogen (secondary N) is 3. The number of carbonyl (C=O) groups is 5. The maximum Gasteiger partial charge on any atom is 0.328 e. The molecule has 0 aromatic carbocycles. The van der Waals surface area contributed by atoms with Crippen molar-refractivity contribution in [2.75, 3.05) is 18.6 Å². The Balaban J connectivity index is 5.22. The fourth-order valence-corrected chi connectivity index (χ4v) is 2.66. The van der Waals surface area contributed by atoms with Crippen molar-refractivity contribution in [2.24, 2.45) is 11.5 Å². The molecule has 0 spiro atoms. The van der Waals surface area contributed by atoms with Crippen molar-refractivity contribution in [2.45, 2.75) is 50.0 Å². The molecule has 0 aromatic rings. The van der Waals surface area contributed by atoms with E-state index < -0.39 is 72.9 Å². The van der Waals surface area contributed by atoms with E-state index in [1.54, 1.807) is 0 Å². The van der Waals surface area contributed by atoms with Gasteiger partial charge in [0.1, 0.15) is 12.1 Å². The van der Waals surface area contributed by atoms with Gasteiger partial charge >= 0.3 is 5.97 Å². The molecule has 0 aliphatic carbocycles. The number of hydrogen-bond acceptors (Lipinski definition) is 9. The van der Waals surface area contributed by atoms with Gasteiger partial charge in [0.15, 0.2) is 6.04 Å². The Morgan fingerprint density at radius 2 is 1.53 bits per heavy atom. The van der Waals surface area contributed by atoms with Crippen molar-refractivity contribution in [1.29, 1.82) is 0 Å². The van der Waals surface area contributed by atoms with Crippen LogP contribution in [0.5, 0.6) is 0 Å². The summed E-state index contributed by atoms with van der Waals surface area (Å²) in [4.78, 5) is 59.1. The Hall–Kier alpha value is -2.42. The minimum atomic E-state index is -1.70. The van der Waals surface area contributed by atoms with Gasteiger partial charge in [-0.15, -0.1) is 0 Å². The molecule has 5 atom stereocenters. The Kier molecular flexibility index (Phi) is 12.6. The summed E-state index contributed by atoms with van der Waals surface area (Å²) in [5.74, 6) is -4.75. The number of thioether (sulfide) groups is 1. The zero-order valence-corrected chi connectivity index (χ0v) is 17.5. The highest BCUT2D eigenvalue weighted by atomic mass is 32.2. The molecular weight excluding hydrogens is 422 g/mol. The predicted molar refractivity (Wildman–Crippen MR) is 107 cm³/mol. The SMILES string of the molecule is CSCCC(N)C(=O)NC(CO)C(=O)NC(CC(N)=O)C(=O)NC(C(=O)O)C(C)O. The number of carbonyl (C=O) groups excluding carboxylic acids is 4. The molecule has 13 nitrogen and oxygen atoms in total. The van der Waals surface area contributed by atoms with Crippen LogP contribution in [0, 0.1) is 0 Å². The summed E-state index contributed by atoms with van der Waals surface area (Å²) < 4.78 is 0. The second-order valence-corrected chi connectivity index (χ2v) is 7.41. The molecule has 4 amide bonds. The van der Waals surface area contributed by atoms with Gasteiger partial charge in [-0.2, -0.15) is 11.8 Å². The Morgan fingerprint density at radius 3 is 1.97 bits per heavy atom. The van der Waals surface area contributed by atoms with E-state index >= 15 is 0 Å². The highest BCUT2D eigenvalue weighted by molar-refractivity contribution is 7.98. The van der Waals surface area contributed by atoms with Gasteiger partial charge in [0.2, 0.25) is 23.6 Å². The van der Waals surface area contributed by atoms with Crippen molar-refractivity contribution in [1.82, 2.24) is 16.0 Å². The van der Waals surface area contributed by atoms with Gasteiger partial charge in [0.25, 0.3) is 0 Å². The Bertz CT molecular complexity index is 633. The van der Waals surface area contributed by atoms with Crippen molar-refractivity contribution >= 4 is 41.4 Å². The summed E-state index contributed by atoms with van der Waals surface area (Å²) in [7, 11) is 0. The minimum Gasteiger partial charge on any atom is -0.480 e. The number of nitrogens with two attached hydrogens (primary N) is 2. The molecule has 0 saturated carbocycles. The van der Waals surface area contributed by atoms with Gasteiger partial charge in [0, 0.05) is 0 Å². The molecule has 0 radical (unpaired) electrons. The fraction of sp³-hybridized carbons (Fsp3) is 0.688. The lowest BCUT2D eigenvalue weighted by Crippen LogP contribution is -2.59. The number of primary amides is 1. The summed E-state index contributed by atoms with van der Waals surface area (Å²) in [6.45, 7) is 0.293. The standard InChI is InChI=1S/C16H29N5O8S/c1-7(23)12(16(28)29)21-14(26)9(5-11(18)24)19-15(27)10(6-22)20-13(25)8(17)3-4-30-2/h7-10,12,22-23H,3-6,17H2,1-2H3,(H2,18,24)(H,19,27)(H,20,25)(H,21,26)(H,28,29). The molecule has 0 fully saturated rings. The summed E-state index contributed by atoms with van der Waals surface area (Å²) in [5, 5.41) is 34.2. The quantitative estimate of drug-likeness (QED) is 0.127. The van der Waals surface area contributed by atoms with E-state index in [-0.39, 0.29) is 0 Å². The largest absolute Gasteiger partial charge is 0.480 e. The van der Waals surface area contributed by atoms with Crippen molar-refractivity contribution in [3.8, 4) is 0 Å². The molecule has 0 rings (SSSR count). The van der Waals surface area contributed by atoms with Crippen LogP contribution < -0.4 is 27.4 Å². The third-order valence-corrected chi connectivity index (χ3v) is 4.51. The number of aliphatic carboxylic acids is 1. The van der Waals surface area contributed by atoms with Gasteiger partial charge in [-0.1, -0.05) is 0 Å². The third kappa shape index (κ3) is 9.87. The average molecular weight is 452 g/mol. The molecule has 0 aliphatic rings. The van der Waals surface area contributed by atoms with Crippen LogP contribution in [0.15, 0.2) is 0 Å². The first kappa shape index (κ1) is 27.6. The number of carboxylic acids is 1. The first-order valence-electron chi connectivity index (χ1n) is 8.90.